The highest BCUT2D eigenvalue weighted by atomic mass is 32.1. The van der Waals surface area contributed by atoms with Crippen molar-refractivity contribution in [1.82, 2.24) is 19.9 Å². The number of methoxy groups -OCH3 is 1. The summed E-state index contributed by atoms with van der Waals surface area (Å²) < 4.78 is 41.4. The molecule has 0 bridgehead atoms. The molecule has 3 aliphatic rings. The first-order valence-electron chi connectivity index (χ1n) is 12.7. The summed E-state index contributed by atoms with van der Waals surface area (Å²) in [7, 11) is 1.25. The van der Waals surface area contributed by atoms with Gasteiger partial charge in [0.1, 0.15) is 11.2 Å². The summed E-state index contributed by atoms with van der Waals surface area (Å²) >= 11 is 1.44. The van der Waals surface area contributed by atoms with E-state index in [4.69, 9.17) is 14.5 Å². The lowest BCUT2D eigenvalue weighted by molar-refractivity contribution is -0.0296. The SMILES string of the molecule is COc1c(F)cc(-c2c(-c3cncs3)[nH]c3ncc4c(c23)C2(CCN(CC3(CC#N)CC3)C2)OC4)cc1F. The van der Waals surface area contributed by atoms with Crippen LogP contribution in [0.3, 0.4) is 0 Å². The molecule has 0 radical (unpaired) electrons. The molecule has 10 heteroatoms. The van der Waals surface area contributed by atoms with Gasteiger partial charge in [-0.05, 0) is 42.4 Å². The molecular weight excluding hydrogens is 508 g/mol. The Morgan fingerprint density at radius 1 is 1.24 bits per heavy atom. The second-order valence-electron chi connectivity index (χ2n) is 10.7. The molecule has 1 saturated carbocycles. The summed E-state index contributed by atoms with van der Waals surface area (Å²) in [5.41, 5.74) is 5.74. The third-order valence-corrected chi connectivity index (χ3v) is 9.10. The van der Waals surface area contributed by atoms with E-state index in [1.807, 2.05) is 6.20 Å². The number of nitrogens with zero attached hydrogens (tertiary/aromatic N) is 4. The fourth-order valence-corrected chi connectivity index (χ4v) is 6.98. The van der Waals surface area contributed by atoms with E-state index in [1.54, 1.807) is 11.7 Å². The van der Waals surface area contributed by atoms with Crippen molar-refractivity contribution in [2.75, 3.05) is 26.7 Å². The molecule has 5 heterocycles. The maximum absolute atomic E-state index is 15.0. The Labute approximate surface area is 222 Å². The number of aromatic amines is 1. The second-order valence-corrected chi connectivity index (χ2v) is 11.6. The van der Waals surface area contributed by atoms with Gasteiger partial charge in [0.15, 0.2) is 17.4 Å². The molecule has 7 nitrogen and oxygen atoms in total. The zero-order valence-electron chi connectivity index (χ0n) is 20.8. The summed E-state index contributed by atoms with van der Waals surface area (Å²) in [5, 5.41) is 10.1. The number of thiazole rings is 1. The number of benzene rings is 1. The number of halogens is 2. The van der Waals surface area contributed by atoms with Gasteiger partial charge >= 0.3 is 0 Å². The van der Waals surface area contributed by atoms with Crippen LogP contribution in [-0.2, 0) is 16.9 Å². The number of likely N-dealkylation sites (tertiary alicyclic amines) is 1. The highest BCUT2D eigenvalue weighted by Gasteiger charge is 2.51. The predicted octanol–water partition coefficient (Wildman–Crippen LogP) is 5.77. The van der Waals surface area contributed by atoms with Crippen LogP contribution in [0.5, 0.6) is 5.75 Å². The molecular formula is C28H25F2N5O2S. The van der Waals surface area contributed by atoms with Crippen LogP contribution in [0.15, 0.2) is 30.0 Å². The van der Waals surface area contributed by atoms with Gasteiger partial charge in [-0.2, -0.15) is 5.26 Å². The largest absolute Gasteiger partial charge is 0.491 e. The van der Waals surface area contributed by atoms with Gasteiger partial charge in [-0.1, -0.05) is 0 Å². The molecule has 1 N–H and O–H groups in total. The summed E-state index contributed by atoms with van der Waals surface area (Å²) in [6.45, 7) is 2.89. The smallest absolute Gasteiger partial charge is 0.190 e. The summed E-state index contributed by atoms with van der Waals surface area (Å²) in [6.07, 6.45) is 7.14. The summed E-state index contributed by atoms with van der Waals surface area (Å²) in [4.78, 5) is 15.6. The molecule has 2 fully saturated rings. The number of pyridine rings is 1. The lowest BCUT2D eigenvalue weighted by Gasteiger charge is -2.27. The Hall–Kier alpha value is -3.39. The Morgan fingerprint density at radius 2 is 2.05 bits per heavy atom. The molecule has 1 saturated heterocycles. The zero-order chi connectivity index (χ0) is 26.1. The zero-order valence-corrected chi connectivity index (χ0v) is 21.6. The Kier molecular flexibility index (Phi) is 5.34. The van der Waals surface area contributed by atoms with Gasteiger partial charge in [0.25, 0.3) is 0 Å². The van der Waals surface area contributed by atoms with Crippen molar-refractivity contribution in [2.45, 2.75) is 37.9 Å². The molecule has 1 atom stereocenters. The van der Waals surface area contributed by atoms with E-state index < -0.39 is 23.0 Å². The third kappa shape index (κ3) is 3.56. The van der Waals surface area contributed by atoms with Crippen molar-refractivity contribution in [3.63, 3.8) is 0 Å². The van der Waals surface area contributed by atoms with Crippen molar-refractivity contribution >= 4 is 22.4 Å². The number of fused-ring (bicyclic) bond motifs is 4. The maximum atomic E-state index is 15.0. The number of H-pyrrole nitrogens is 1. The van der Waals surface area contributed by atoms with E-state index in [0.29, 0.717) is 36.3 Å². The van der Waals surface area contributed by atoms with Gasteiger partial charge in [-0.3, -0.25) is 9.88 Å². The minimum Gasteiger partial charge on any atom is -0.491 e. The Morgan fingerprint density at radius 3 is 2.74 bits per heavy atom. The number of aromatic nitrogens is 3. The maximum Gasteiger partial charge on any atom is 0.190 e. The first kappa shape index (κ1) is 23.7. The lowest BCUT2D eigenvalue weighted by atomic mass is 9.87. The van der Waals surface area contributed by atoms with Crippen LogP contribution in [0.2, 0.25) is 0 Å². The lowest BCUT2D eigenvalue weighted by Crippen LogP contribution is -2.34. The highest BCUT2D eigenvalue weighted by Crippen LogP contribution is 2.53. The minimum atomic E-state index is -0.766. The first-order chi connectivity index (χ1) is 18.5. The quantitative estimate of drug-likeness (QED) is 0.339. The molecule has 38 heavy (non-hydrogen) atoms. The number of ether oxygens (including phenoxy) is 2. The molecule has 1 unspecified atom stereocenters. The second kappa shape index (κ2) is 8.56. The van der Waals surface area contributed by atoms with E-state index in [9.17, 15) is 14.0 Å². The van der Waals surface area contributed by atoms with E-state index in [0.717, 1.165) is 59.4 Å². The highest BCUT2D eigenvalue weighted by molar-refractivity contribution is 7.13. The van der Waals surface area contributed by atoms with Crippen LogP contribution in [0, 0.1) is 28.4 Å². The fraction of sp³-hybridized carbons (Fsp3) is 0.393. The van der Waals surface area contributed by atoms with Gasteiger partial charge in [0.2, 0.25) is 0 Å². The summed E-state index contributed by atoms with van der Waals surface area (Å²) in [5.74, 6) is -1.94. The van der Waals surface area contributed by atoms with Gasteiger partial charge < -0.3 is 14.5 Å². The number of hydrogen-bond acceptors (Lipinski definition) is 7. The van der Waals surface area contributed by atoms with Crippen molar-refractivity contribution in [1.29, 1.82) is 5.26 Å². The monoisotopic (exact) mass is 533 g/mol. The molecule has 1 aromatic carbocycles. The van der Waals surface area contributed by atoms with Crippen LogP contribution < -0.4 is 4.74 Å². The minimum absolute atomic E-state index is 0.103. The molecule has 3 aromatic heterocycles. The van der Waals surface area contributed by atoms with Crippen molar-refractivity contribution in [3.05, 3.63) is 52.8 Å². The van der Waals surface area contributed by atoms with E-state index in [1.165, 1.54) is 30.6 Å². The van der Waals surface area contributed by atoms with E-state index in [2.05, 4.69) is 20.9 Å². The van der Waals surface area contributed by atoms with Crippen molar-refractivity contribution < 1.29 is 18.3 Å². The molecule has 2 aliphatic heterocycles. The standard InChI is InChI=1S/C28H25F2N5O2S/c1-36-25-18(29)8-16(9-19(25)30)21-22-23-17(10-33-26(22)34-24(21)20-11-32-15-38-20)12-37-28(23)5-7-35(14-28)13-27(2-3-27)4-6-31/h8-11,15H,2-5,7,12-14H2,1H3,(H,33,34). The van der Waals surface area contributed by atoms with Gasteiger partial charge in [-0.25, -0.2) is 13.8 Å². The Bertz CT molecular complexity index is 1580. The topological polar surface area (TPSA) is 87.1 Å². The molecule has 7 rings (SSSR count). The van der Waals surface area contributed by atoms with Crippen LogP contribution in [-0.4, -0.2) is 46.6 Å². The average Bonchev–Trinajstić information content (AvgIpc) is 3.36. The summed E-state index contributed by atoms with van der Waals surface area (Å²) in [6, 6.07) is 4.99. The molecule has 1 aliphatic carbocycles. The number of hydrogen-bond donors (Lipinski definition) is 1. The van der Waals surface area contributed by atoms with Crippen LogP contribution in [0.25, 0.3) is 32.7 Å². The average molecular weight is 534 g/mol. The number of nitrogens with one attached hydrogen (secondary N) is 1. The molecule has 0 amide bonds. The van der Waals surface area contributed by atoms with E-state index >= 15 is 0 Å². The molecule has 194 valence electrons. The normalized spacial score (nSPS) is 21.7. The van der Waals surface area contributed by atoms with Gasteiger partial charge in [0.05, 0.1) is 35.9 Å². The van der Waals surface area contributed by atoms with Crippen LogP contribution in [0.4, 0.5) is 8.78 Å². The fourth-order valence-electron chi connectivity index (χ4n) is 6.35. The Balaban J connectivity index is 1.41. The number of rotatable bonds is 6. The molecule has 1 spiro atoms. The molecule has 4 aromatic rings. The van der Waals surface area contributed by atoms with E-state index in [-0.39, 0.29) is 5.41 Å². The number of nitriles is 1. The van der Waals surface area contributed by atoms with Crippen LogP contribution in [0.1, 0.15) is 36.8 Å². The van der Waals surface area contributed by atoms with Crippen LogP contribution >= 0.6 is 11.3 Å². The predicted molar refractivity (Wildman–Crippen MR) is 139 cm³/mol. The third-order valence-electron chi connectivity index (χ3n) is 8.31. The first-order valence-corrected chi connectivity index (χ1v) is 13.5. The van der Waals surface area contributed by atoms with Gasteiger partial charge in [0, 0.05) is 60.5 Å². The van der Waals surface area contributed by atoms with Crippen molar-refractivity contribution in [3.8, 4) is 33.5 Å². The van der Waals surface area contributed by atoms with Crippen molar-refractivity contribution in [2.24, 2.45) is 5.41 Å². The van der Waals surface area contributed by atoms with Gasteiger partial charge in [-0.15, -0.1) is 11.3 Å².